The first-order chi connectivity index (χ1) is 36.0. The van der Waals surface area contributed by atoms with Crippen molar-refractivity contribution in [2.45, 2.75) is 300 Å². The second-order valence-electron chi connectivity index (χ2n) is 20.8. The highest BCUT2D eigenvalue weighted by molar-refractivity contribution is 5.70. The maximum atomic E-state index is 13.1. The second kappa shape index (κ2) is 45.7. The summed E-state index contributed by atoms with van der Waals surface area (Å²) in [5.74, 6) is -0.970. The number of carbonyl (C=O) groups is 2. The average Bonchev–Trinajstić information content (AvgIpc) is 3.39. The minimum Gasteiger partial charge on any atom is -0.462 e. The highest BCUT2D eigenvalue weighted by Gasteiger charge is 2.47. The Morgan fingerprint density at radius 1 is 0.419 bits per heavy atom. The Bertz CT molecular complexity index is 1430. The molecule has 2 fully saturated rings. The molecule has 0 amide bonds. The molecule has 15 nitrogen and oxygen atoms in total. The number of rotatable bonds is 47. The Hall–Kier alpha value is -2.28. The van der Waals surface area contributed by atoms with Crippen molar-refractivity contribution in [3.8, 4) is 0 Å². The lowest BCUT2D eigenvalue weighted by molar-refractivity contribution is -0.332. The molecular formula is C59H106O15. The topological polar surface area (TPSA) is 231 Å². The van der Waals surface area contributed by atoms with Crippen LogP contribution in [0.1, 0.15) is 232 Å². The van der Waals surface area contributed by atoms with Crippen molar-refractivity contribution in [1.29, 1.82) is 0 Å². The Morgan fingerprint density at radius 3 is 1.31 bits per heavy atom. The number of ether oxygens (including phenoxy) is 6. The standard InChI is InChI=1S/C59H106O15/c1-3-5-7-9-11-13-15-17-19-20-21-22-23-24-25-26-28-30-32-34-36-38-40-42-51(62)72-47(44-69-50(61)41-39-37-35-33-31-29-27-18-16-14-12-10-8-6-4-2)45-70-58-57(68)55(66)53(64)49(74-58)46-71-59-56(67)54(65)52(63)48(43-60)73-59/h10,12,26,28,34,36,47-49,52-60,63-68H,3-9,11,13-25,27,29-33,35,37-46H2,1-2H3/b12-10+,28-26+,36-34+/t47-,48+,49+,52-,53-,54?,55?,56?,57?,58+,59+/m1/s1. The normalized spacial score (nSPS) is 24.9. The van der Waals surface area contributed by atoms with E-state index in [1.807, 2.05) is 0 Å². The molecule has 7 N–H and O–H groups in total. The molecule has 2 aliphatic heterocycles. The predicted octanol–water partition coefficient (Wildman–Crippen LogP) is 10.1. The minimum absolute atomic E-state index is 0.106. The molecule has 0 aromatic heterocycles. The van der Waals surface area contributed by atoms with Crippen LogP contribution >= 0.6 is 0 Å². The summed E-state index contributed by atoms with van der Waals surface area (Å²) in [6.45, 7) is 2.56. The number of hydrogen-bond donors (Lipinski definition) is 7. The van der Waals surface area contributed by atoms with Crippen LogP contribution in [-0.4, -0.2) is 142 Å². The first-order valence-corrected chi connectivity index (χ1v) is 29.6. The van der Waals surface area contributed by atoms with Crippen LogP contribution in [0.25, 0.3) is 0 Å². The number of aliphatic hydroxyl groups excluding tert-OH is 7. The van der Waals surface area contributed by atoms with E-state index in [9.17, 15) is 45.3 Å². The van der Waals surface area contributed by atoms with Gasteiger partial charge in [-0.15, -0.1) is 0 Å². The molecular weight excluding hydrogens is 949 g/mol. The van der Waals surface area contributed by atoms with E-state index >= 15 is 0 Å². The fourth-order valence-electron chi connectivity index (χ4n) is 9.22. The molecule has 0 aliphatic carbocycles. The zero-order chi connectivity index (χ0) is 53.9. The van der Waals surface area contributed by atoms with E-state index in [-0.39, 0.29) is 19.4 Å². The van der Waals surface area contributed by atoms with Crippen molar-refractivity contribution in [3.63, 3.8) is 0 Å². The first kappa shape index (κ1) is 67.8. The molecule has 0 bridgehead atoms. The van der Waals surface area contributed by atoms with Gasteiger partial charge in [-0.1, -0.05) is 192 Å². The van der Waals surface area contributed by atoms with Crippen LogP contribution in [0.4, 0.5) is 0 Å². The third-order valence-corrected chi connectivity index (χ3v) is 14.1. The molecule has 0 radical (unpaired) electrons. The minimum atomic E-state index is -1.77. The van der Waals surface area contributed by atoms with Crippen molar-refractivity contribution < 1.29 is 73.8 Å². The molecule has 2 aliphatic rings. The SMILES string of the molecule is CCCC/C=C/CCCCCCCCCCCC(=O)OC[C@H](CO[C@H]1O[C@@H](CO[C@H]2O[C@@H](CO)[C@@H](O)C(O)C2O)[C@@H](O)C(O)C1O)OC(=O)CCC/C=C/CC/C=C/CCCCCCCCCCCCCCCC. The van der Waals surface area contributed by atoms with E-state index < -0.39 is 99.3 Å². The van der Waals surface area contributed by atoms with E-state index in [2.05, 4.69) is 50.3 Å². The smallest absolute Gasteiger partial charge is 0.306 e. The van der Waals surface area contributed by atoms with Crippen LogP contribution in [0.5, 0.6) is 0 Å². The number of aliphatic hydroxyl groups is 7. The summed E-state index contributed by atoms with van der Waals surface area (Å²) in [4.78, 5) is 25.9. The molecule has 0 aromatic rings. The summed E-state index contributed by atoms with van der Waals surface area (Å²) in [6, 6.07) is 0. The zero-order valence-corrected chi connectivity index (χ0v) is 46.1. The van der Waals surface area contributed by atoms with E-state index in [0.29, 0.717) is 19.3 Å². The van der Waals surface area contributed by atoms with Crippen LogP contribution in [0.3, 0.4) is 0 Å². The molecule has 74 heavy (non-hydrogen) atoms. The van der Waals surface area contributed by atoms with Crippen molar-refractivity contribution in [3.05, 3.63) is 36.5 Å². The van der Waals surface area contributed by atoms with Crippen LogP contribution in [0, 0.1) is 0 Å². The van der Waals surface area contributed by atoms with E-state index in [1.165, 1.54) is 141 Å². The lowest BCUT2D eigenvalue weighted by atomic mass is 9.98. The molecule has 15 heteroatoms. The van der Waals surface area contributed by atoms with Gasteiger partial charge < -0.3 is 64.2 Å². The van der Waals surface area contributed by atoms with E-state index in [4.69, 9.17) is 28.4 Å². The second-order valence-corrected chi connectivity index (χ2v) is 20.8. The monoisotopic (exact) mass is 1050 g/mol. The third-order valence-electron chi connectivity index (χ3n) is 14.1. The van der Waals surface area contributed by atoms with Gasteiger partial charge >= 0.3 is 11.9 Å². The molecule has 11 atom stereocenters. The van der Waals surface area contributed by atoms with Gasteiger partial charge in [0, 0.05) is 12.8 Å². The van der Waals surface area contributed by atoms with Gasteiger partial charge in [0.25, 0.3) is 0 Å². The van der Waals surface area contributed by atoms with Gasteiger partial charge in [-0.2, -0.15) is 0 Å². The van der Waals surface area contributed by atoms with Gasteiger partial charge in [-0.05, 0) is 64.2 Å². The lowest BCUT2D eigenvalue weighted by Crippen LogP contribution is -2.61. The summed E-state index contributed by atoms with van der Waals surface area (Å²) in [5, 5.41) is 72.3. The molecule has 0 saturated carbocycles. The Balaban J connectivity index is 1.75. The molecule has 2 saturated heterocycles. The van der Waals surface area contributed by atoms with Crippen LogP contribution in [-0.2, 0) is 38.0 Å². The van der Waals surface area contributed by atoms with Gasteiger partial charge in [0.1, 0.15) is 55.4 Å². The molecule has 432 valence electrons. The van der Waals surface area contributed by atoms with Gasteiger partial charge in [0.05, 0.1) is 19.8 Å². The number of hydrogen-bond acceptors (Lipinski definition) is 15. The van der Waals surface area contributed by atoms with Crippen LogP contribution < -0.4 is 0 Å². The summed E-state index contributed by atoms with van der Waals surface area (Å²) in [6.07, 6.45) is 34.7. The Labute approximate surface area is 446 Å². The van der Waals surface area contributed by atoms with Crippen LogP contribution in [0.15, 0.2) is 36.5 Å². The van der Waals surface area contributed by atoms with Gasteiger partial charge in [0.15, 0.2) is 18.7 Å². The summed E-state index contributed by atoms with van der Waals surface area (Å²) >= 11 is 0. The largest absolute Gasteiger partial charge is 0.462 e. The Morgan fingerprint density at radius 2 is 0.811 bits per heavy atom. The summed E-state index contributed by atoms with van der Waals surface area (Å²) in [5.41, 5.74) is 0. The average molecular weight is 1060 g/mol. The van der Waals surface area contributed by atoms with Crippen molar-refractivity contribution in [2.24, 2.45) is 0 Å². The molecule has 0 aromatic carbocycles. The van der Waals surface area contributed by atoms with Crippen molar-refractivity contribution >= 4 is 11.9 Å². The molecule has 2 rings (SSSR count). The highest BCUT2D eigenvalue weighted by Crippen LogP contribution is 2.27. The molecule has 0 spiro atoms. The van der Waals surface area contributed by atoms with Gasteiger partial charge in [-0.3, -0.25) is 9.59 Å². The third kappa shape index (κ3) is 32.5. The summed E-state index contributed by atoms with van der Waals surface area (Å²) < 4.78 is 33.6. The Kier molecular flexibility index (Phi) is 41.9. The first-order valence-electron chi connectivity index (χ1n) is 29.6. The number of allylic oxidation sites excluding steroid dienone is 6. The van der Waals surface area contributed by atoms with Gasteiger partial charge in [0.2, 0.25) is 0 Å². The molecule has 4 unspecified atom stereocenters. The van der Waals surface area contributed by atoms with Crippen LogP contribution in [0.2, 0.25) is 0 Å². The highest BCUT2D eigenvalue weighted by atomic mass is 16.7. The van der Waals surface area contributed by atoms with E-state index in [1.54, 1.807) is 0 Å². The predicted molar refractivity (Wildman–Crippen MR) is 289 cm³/mol. The number of esters is 2. The quantitative estimate of drug-likeness (QED) is 0.0171. The maximum Gasteiger partial charge on any atom is 0.306 e. The molecule has 2 heterocycles. The lowest BCUT2D eigenvalue weighted by Gasteiger charge is -2.42. The zero-order valence-electron chi connectivity index (χ0n) is 46.1. The fourth-order valence-corrected chi connectivity index (χ4v) is 9.22. The fraction of sp³-hybridized carbons (Fsp3) is 0.864. The summed E-state index contributed by atoms with van der Waals surface area (Å²) in [7, 11) is 0. The van der Waals surface area contributed by atoms with Crippen molar-refractivity contribution in [2.75, 3.05) is 26.4 Å². The van der Waals surface area contributed by atoms with Gasteiger partial charge in [-0.25, -0.2) is 0 Å². The number of unbranched alkanes of at least 4 members (excludes halogenated alkanes) is 27. The maximum absolute atomic E-state index is 13.1. The van der Waals surface area contributed by atoms with E-state index in [0.717, 1.165) is 44.9 Å². The van der Waals surface area contributed by atoms with Crippen molar-refractivity contribution in [1.82, 2.24) is 0 Å². The number of carbonyl (C=O) groups excluding carboxylic acids is 2.